The predicted molar refractivity (Wildman–Crippen MR) is 104 cm³/mol. The van der Waals surface area contributed by atoms with Crippen LogP contribution in [0.15, 0.2) is 29.4 Å². The molecule has 0 aliphatic heterocycles. The average molecular weight is 399 g/mol. The summed E-state index contributed by atoms with van der Waals surface area (Å²) in [5.74, 6) is -0.486. The Kier molecular flexibility index (Phi) is 9.18. The van der Waals surface area contributed by atoms with Crippen LogP contribution in [-0.4, -0.2) is 45.7 Å². The van der Waals surface area contributed by atoms with Gasteiger partial charge in [0, 0.05) is 27.6 Å². The van der Waals surface area contributed by atoms with Gasteiger partial charge in [-0.15, -0.1) is 0 Å². The fourth-order valence-electron chi connectivity index (χ4n) is 1.71. The Balaban J connectivity index is 2.53. The number of carbonyl (C=O) groups excluding carboxylic acids is 1. The monoisotopic (exact) mass is 398 g/mol. The Morgan fingerprint density at radius 2 is 1.96 bits per heavy atom. The molecule has 0 aliphatic carbocycles. The number of ether oxygens (including phenoxy) is 1. The molecule has 1 aromatic rings. The first-order valence-corrected chi connectivity index (χ1v) is 10.1. The van der Waals surface area contributed by atoms with E-state index in [4.69, 9.17) is 15.4 Å². The van der Waals surface area contributed by atoms with E-state index in [1.54, 1.807) is 45.9 Å². The zero-order valence-electron chi connectivity index (χ0n) is 14.9. The van der Waals surface area contributed by atoms with E-state index in [0.717, 1.165) is 0 Å². The highest BCUT2D eigenvalue weighted by Gasteiger charge is 2.19. The highest BCUT2D eigenvalue weighted by molar-refractivity contribution is 8.77. The lowest BCUT2D eigenvalue weighted by Gasteiger charge is -2.21. The van der Waals surface area contributed by atoms with Crippen LogP contribution in [0.1, 0.15) is 26.3 Å². The van der Waals surface area contributed by atoms with Crippen LogP contribution in [0.5, 0.6) is 0 Å². The molecule has 1 rings (SSSR count). The van der Waals surface area contributed by atoms with Gasteiger partial charge < -0.3 is 9.84 Å². The predicted octanol–water partition coefficient (Wildman–Crippen LogP) is 4.83. The number of amides is 1. The number of rotatable bonds is 9. The van der Waals surface area contributed by atoms with E-state index in [9.17, 15) is 9.59 Å². The summed E-state index contributed by atoms with van der Waals surface area (Å²) in [7, 11) is 3.27. The Hall–Kier alpha value is -2.03. The van der Waals surface area contributed by atoms with Crippen LogP contribution < -0.4 is 0 Å². The second-order valence-electron chi connectivity index (χ2n) is 6.24. The summed E-state index contributed by atoms with van der Waals surface area (Å²) in [6.45, 7) is 6.14. The minimum Gasteiger partial charge on any atom is -0.480 e. The summed E-state index contributed by atoms with van der Waals surface area (Å²) < 4.78 is 5.28. The Labute approximate surface area is 160 Å². The molecule has 0 fully saturated rings. The van der Waals surface area contributed by atoms with Gasteiger partial charge in [-0.3, -0.25) is 9.69 Å². The molecule has 26 heavy (non-hydrogen) atoms. The first kappa shape index (κ1) is 22.0. The second-order valence-corrected chi connectivity index (χ2v) is 9.49. The molecular weight excluding hydrogens is 376 g/mol. The largest absolute Gasteiger partial charge is 0.480 e. The molecule has 1 aromatic carbocycles. The quantitative estimate of drug-likeness (QED) is 0.209. The van der Waals surface area contributed by atoms with Crippen molar-refractivity contribution in [2.75, 3.05) is 18.8 Å². The molecule has 0 saturated carbocycles. The lowest BCUT2D eigenvalue weighted by atomic mass is 10.2. The Morgan fingerprint density at radius 1 is 1.31 bits per heavy atom. The Bertz CT molecular complexity index is 655. The maximum atomic E-state index is 12.2. The molecule has 0 heterocycles. The fourth-order valence-corrected chi connectivity index (χ4v) is 3.98. The number of azide groups is 1. The second kappa shape index (κ2) is 10.8. The van der Waals surface area contributed by atoms with E-state index in [1.165, 1.54) is 4.90 Å². The molecule has 0 atom stereocenters. The van der Waals surface area contributed by atoms with Crippen LogP contribution in [0.3, 0.4) is 0 Å². The number of carboxylic acid groups (broad SMARTS) is 1. The van der Waals surface area contributed by atoms with Gasteiger partial charge >= 0.3 is 12.1 Å². The lowest BCUT2D eigenvalue weighted by molar-refractivity contribution is -0.137. The van der Waals surface area contributed by atoms with Crippen molar-refractivity contribution < 1.29 is 19.4 Å². The number of hydrogen-bond donors (Lipinski definition) is 1. The first-order valence-electron chi connectivity index (χ1n) is 7.79. The van der Waals surface area contributed by atoms with Gasteiger partial charge in [0.1, 0.15) is 13.2 Å². The maximum Gasteiger partial charge on any atom is 0.410 e. The third-order valence-electron chi connectivity index (χ3n) is 2.80. The Morgan fingerprint density at radius 3 is 2.50 bits per heavy atom. The summed E-state index contributed by atoms with van der Waals surface area (Å²) in [5, 5.41) is 12.4. The molecule has 10 heteroatoms. The van der Waals surface area contributed by atoms with Crippen molar-refractivity contribution in [2.45, 2.75) is 32.1 Å². The van der Waals surface area contributed by atoms with Gasteiger partial charge in [-0.05, 0) is 11.1 Å². The van der Waals surface area contributed by atoms with E-state index >= 15 is 0 Å². The SMILES string of the molecule is CC(C)(C)SSCCN(CC(=O)O)C(=O)OCc1ccc(N=[N+]=[N-])cc1. The van der Waals surface area contributed by atoms with Gasteiger partial charge in [-0.1, -0.05) is 71.7 Å². The zero-order valence-corrected chi connectivity index (χ0v) is 16.5. The molecule has 0 bridgehead atoms. The molecule has 0 unspecified atom stereocenters. The third kappa shape index (κ3) is 9.45. The topological polar surface area (TPSA) is 116 Å². The molecule has 1 N–H and O–H groups in total. The van der Waals surface area contributed by atoms with Crippen LogP contribution in [0, 0.1) is 0 Å². The molecule has 0 aromatic heterocycles. The van der Waals surface area contributed by atoms with Crippen LogP contribution in [-0.2, 0) is 16.1 Å². The smallest absolute Gasteiger partial charge is 0.410 e. The minimum atomic E-state index is -1.09. The van der Waals surface area contributed by atoms with Crippen molar-refractivity contribution in [3.05, 3.63) is 40.3 Å². The summed E-state index contributed by atoms with van der Waals surface area (Å²) in [6.07, 6.45) is -0.673. The molecule has 8 nitrogen and oxygen atoms in total. The van der Waals surface area contributed by atoms with Gasteiger partial charge in [0.25, 0.3) is 0 Å². The highest BCUT2D eigenvalue weighted by atomic mass is 33.1. The number of nitrogens with zero attached hydrogens (tertiary/aromatic N) is 4. The van der Waals surface area contributed by atoms with Crippen molar-refractivity contribution in [2.24, 2.45) is 5.11 Å². The zero-order chi connectivity index (χ0) is 19.6. The number of carboxylic acids is 1. The molecule has 1 amide bonds. The molecule has 0 saturated heterocycles. The molecular formula is C16H22N4O4S2. The van der Waals surface area contributed by atoms with E-state index < -0.39 is 18.6 Å². The van der Waals surface area contributed by atoms with Crippen LogP contribution in [0.2, 0.25) is 0 Å². The lowest BCUT2D eigenvalue weighted by Crippen LogP contribution is -2.37. The van der Waals surface area contributed by atoms with Crippen molar-refractivity contribution in [1.82, 2.24) is 4.90 Å². The summed E-state index contributed by atoms with van der Waals surface area (Å²) in [4.78, 5) is 27.0. The summed E-state index contributed by atoms with van der Waals surface area (Å²) >= 11 is 0. The van der Waals surface area contributed by atoms with Gasteiger partial charge in [0.15, 0.2) is 0 Å². The van der Waals surface area contributed by atoms with Gasteiger partial charge in [0.2, 0.25) is 0 Å². The third-order valence-corrected chi connectivity index (χ3v) is 6.12. The average Bonchev–Trinajstić information content (AvgIpc) is 2.55. The van der Waals surface area contributed by atoms with E-state index in [-0.39, 0.29) is 17.9 Å². The van der Waals surface area contributed by atoms with E-state index in [1.807, 2.05) is 0 Å². The van der Waals surface area contributed by atoms with E-state index in [2.05, 4.69) is 30.8 Å². The number of hydrogen-bond acceptors (Lipinski definition) is 6. The van der Waals surface area contributed by atoms with Gasteiger partial charge in [-0.2, -0.15) is 0 Å². The fraction of sp³-hybridized carbons (Fsp3) is 0.500. The number of benzene rings is 1. The minimum absolute atomic E-state index is 0.00931. The van der Waals surface area contributed by atoms with E-state index in [0.29, 0.717) is 17.0 Å². The molecule has 142 valence electrons. The summed E-state index contributed by atoms with van der Waals surface area (Å²) in [5.41, 5.74) is 9.54. The normalized spacial score (nSPS) is 10.7. The highest BCUT2D eigenvalue weighted by Crippen LogP contribution is 2.34. The molecule has 0 radical (unpaired) electrons. The maximum absolute atomic E-state index is 12.2. The van der Waals surface area contributed by atoms with Crippen molar-refractivity contribution >= 4 is 39.3 Å². The van der Waals surface area contributed by atoms with Crippen molar-refractivity contribution in [3.63, 3.8) is 0 Å². The van der Waals surface area contributed by atoms with Gasteiger partial charge in [0.05, 0.1) is 0 Å². The van der Waals surface area contributed by atoms with Crippen molar-refractivity contribution in [3.8, 4) is 0 Å². The first-order chi connectivity index (χ1) is 12.2. The van der Waals surface area contributed by atoms with Gasteiger partial charge in [-0.25, -0.2) is 4.79 Å². The van der Waals surface area contributed by atoms with Crippen LogP contribution in [0.4, 0.5) is 10.5 Å². The molecule has 0 spiro atoms. The number of carbonyl (C=O) groups is 2. The standard InChI is InChI=1S/C16H22N4O4S2/c1-16(2,3)26-25-9-8-20(10-14(21)22)15(23)24-11-12-4-6-13(7-5-12)18-19-17/h4-7H,8-11H2,1-3H3,(H,21,22). The summed E-state index contributed by atoms with van der Waals surface area (Å²) in [6, 6.07) is 6.57. The van der Waals surface area contributed by atoms with Crippen molar-refractivity contribution in [1.29, 1.82) is 0 Å². The van der Waals surface area contributed by atoms with Crippen LogP contribution in [0.25, 0.3) is 10.4 Å². The van der Waals surface area contributed by atoms with Crippen LogP contribution >= 0.6 is 21.6 Å². The molecule has 0 aliphatic rings. The number of aliphatic carboxylic acids is 1.